The number of fused-ring (bicyclic) bond motifs is 2. The fraction of sp³-hybridized carbons (Fsp3) is 0.250. The molecule has 164 valence electrons. The van der Waals surface area contributed by atoms with E-state index in [2.05, 4.69) is 10.3 Å². The Morgan fingerprint density at radius 2 is 1.94 bits per heavy atom. The maximum atomic E-state index is 13.9. The first-order chi connectivity index (χ1) is 15.3. The van der Waals surface area contributed by atoms with E-state index in [4.69, 9.17) is 11.6 Å². The first-order valence-corrected chi connectivity index (χ1v) is 12.3. The van der Waals surface area contributed by atoms with Crippen LogP contribution in [0.2, 0.25) is 4.34 Å². The van der Waals surface area contributed by atoms with E-state index in [1.54, 1.807) is 23.6 Å². The topological polar surface area (TPSA) is 42.0 Å². The second-order valence-electron chi connectivity index (χ2n) is 8.19. The van der Waals surface area contributed by atoms with Crippen LogP contribution in [0.4, 0.5) is 8.78 Å². The maximum absolute atomic E-state index is 13.9. The van der Waals surface area contributed by atoms with E-state index in [1.165, 1.54) is 28.3 Å². The molecule has 1 aromatic carbocycles. The van der Waals surface area contributed by atoms with Gasteiger partial charge in [-0.1, -0.05) is 25.4 Å². The van der Waals surface area contributed by atoms with E-state index in [9.17, 15) is 13.6 Å². The van der Waals surface area contributed by atoms with Crippen LogP contribution in [0, 0.1) is 11.6 Å². The number of amides is 1. The van der Waals surface area contributed by atoms with Crippen LogP contribution in [-0.4, -0.2) is 10.9 Å². The van der Waals surface area contributed by atoms with E-state index in [0.29, 0.717) is 21.5 Å². The summed E-state index contributed by atoms with van der Waals surface area (Å²) in [6.07, 6.45) is 3.37. The molecule has 32 heavy (non-hydrogen) atoms. The normalized spacial score (nSPS) is 15.5. The van der Waals surface area contributed by atoms with E-state index >= 15 is 0 Å². The molecule has 0 bridgehead atoms. The summed E-state index contributed by atoms with van der Waals surface area (Å²) in [5.74, 6) is -1.40. The van der Waals surface area contributed by atoms with E-state index in [1.807, 2.05) is 19.9 Å². The number of nitrogens with one attached hydrogen (secondary N) is 1. The third-order valence-corrected chi connectivity index (χ3v) is 8.28. The molecule has 8 heteroatoms. The first-order valence-electron chi connectivity index (χ1n) is 10.3. The standard InChI is InChI=1S/C24H19ClF2N2OS2/c1-11(2)20-21-22(15(5-6-28-21)12-7-13(26)9-14(27)8-12)32-23(20)24(30)29-17-3-4-18-16(17)10-19(25)31-18/h5-11,17H,3-4H2,1-2H3,(H,29,30)/t17-/m0/s1. The van der Waals surface area contributed by atoms with Crippen LogP contribution in [0.5, 0.6) is 0 Å². The predicted molar refractivity (Wildman–Crippen MR) is 127 cm³/mol. The average molecular weight is 489 g/mol. The number of rotatable bonds is 4. The minimum Gasteiger partial charge on any atom is -0.344 e. The van der Waals surface area contributed by atoms with Crippen LogP contribution >= 0.6 is 34.3 Å². The molecule has 3 nitrogen and oxygen atoms in total. The number of hydrogen-bond donors (Lipinski definition) is 1. The van der Waals surface area contributed by atoms with Gasteiger partial charge in [0.25, 0.3) is 5.91 Å². The van der Waals surface area contributed by atoms with Crippen molar-refractivity contribution < 1.29 is 13.6 Å². The highest BCUT2D eigenvalue weighted by atomic mass is 35.5. The van der Waals surface area contributed by atoms with Crippen molar-refractivity contribution in [1.29, 1.82) is 0 Å². The lowest BCUT2D eigenvalue weighted by Crippen LogP contribution is -2.27. The number of nitrogens with zero attached hydrogens (tertiary/aromatic N) is 1. The minimum absolute atomic E-state index is 0.0474. The molecule has 0 spiro atoms. The number of hydrogen-bond acceptors (Lipinski definition) is 4. The summed E-state index contributed by atoms with van der Waals surface area (Å²) < 4.78 is 29.2. The smallest absolute Gasteiger partial charge is 0.262 e. The largest absolute Gasteiger partial charge is 0.344 e. The Labute approximate surface area is 197 Å². The van der Waals surface area contributed by atoms with Gasteiger partial charge in [-0.15, -0.1) is 22.7 Å². The predicted octanol–water partition coefficient (Wildman–Crippen LogP) is 7.50. The molecule has 3 aromatic heterocycles. The zero-order chi connectivity index (χ0) is 22.6. The molecule has 0 aliphatic heterocycles. The number of carbonyl (C=O) groups excluding carboxylic acids is 1. The summed E-state index contributed by atoms with van der Waals surface area (Å²) in [4.78, 5) is 19.7. The van der Waals surface area contributed by atoms with Gasteiger partial charge in [0, 0.05) is 28.3 Å². The summed E-state index contributed by atoms with van der Waals surface area (Å²) in [5, 5.41) is 3.17. The van der Waals surface area contributed by atoms with Gasteiger partial charge in [-0.3, -0.25) is 9.78 Å². The highest BCUT2D eigenvalue weighted by Crippen LogP contribution is 2.42. The molecule has 1 N–H and O–H groups in total. The van der Waals surface area contributed by atoms with Crippen LogP contribution in [0.15, 0.2) is 36.5 Å². The zero-order valence-electron chi connectivity index (χ0n) is 17.3. The van der Waals surface area contributed by atoms with Gasteiger partial charge in [0.1, 0.15) is 11.6 Å². The lowest BCUT2D eigenvalue weighted by Gasteiger charge is -2.14. The van der Waals surface area contributed by atoms with Crippen LogP contribution in [0.3, 0.4) is 0 Å². The first kappa shape index (κ1) is 21.5. The fourth-order valence-corrected chi connectivity index (χ4v) is 7.06. The van der Waals surface area contributed by atoms with Crippen LogP contribution in [-0.2, 0) is 6.42 Å². The Balaban J connectivity index is 1.59. The summed E-state index contributed by atoms with van der Waals surface area (Å²) in [5.41, 5.74) is 3.72. The van der Waals surface area contributed by atoms with E-state index in [0.717, 1.165) is 39.1 Å². The fourth-order valence-electron chi connectivity index (χ4n) is 4.35. The summed E-state index contributed by atoms with van der Waals surface area (Å²) in [6.45, 7) is 4.03. The SMILES string of the molecule is CC(C)c1c(C(=O)N[C@H]2CCc3sc(Cl)cc32)sc2c(-c3cc(F)cc(F)c3)ccnc12. The van der Waals surface area contributed by atoms with Gasteiger partial charge in [-0.05, 0) is 54.2 Å². The summed E-state index contributed by atoms with van der Waals surface area (Å²) >= 11 is 9.04. The minimum atomic E-state index is -0.643. The van der Waals surface area contributed by atoms with Gasteiger partial charge in [0.15, 0.2) is 0 Å². The molecule has 0 unspecified atom stereocenters. The molecule has 1 atom stereocenters. The molecule has 0 saturated carbocycles. The monoisotopic (exact) mass is 488 g/mol. The van der Waals surface area contributed by atoms with Gasteiger partial charge in [-0.2, -0.15) is 0 Å². The Morgan fingerprint density at radius 1 is 1.19 bits per heavy atom. The highest BCUT2D eigenvalue weighted by Gasteiger charge is 2.29. The zero-order valence-corrected chi connectivity index (χ0v) is 19.7. The number of aryl methyl sites for hydroxylation is 1. The quantitative estimate of drug-likeness (QED) is 0.323. The number of aromatic nitrogens is 1. The van der Waals surface area contributed by atoms with Crippen LogP contribution in [0.1, 0.15) is 57.9 Å². The molecular weight excluding hydrogens is 470 g/mol. The lowest BCUT2D eigenvalue weighted by molar-refractivity contribution is 0.0939. The van der Waals surface area contributed by atoms with Crippen molar-refractivity contribution in [3.8, 4) is 11.1 Å². The van der Waals surface area contributed by atoms with Crippen molar-refractivity contribution in [3.05, 3.63) is 73.4 Å². The molecule has 0 fully saturated rings. The number of halogens is 3. The molecular formula is C24H19ClF2N2OS2. The molecule has 3 heterocycles. The third-order valence-electron chi connectivity index (χ3n) is 5.72. The number of pyridine rings is 1. The van der Waals surface area contributed by atoms with Crippen LogP contribution in [0.25, 0.3) is 21.3 Å². The third kappa shape index (κ3) is 3.72. The summed E-state index contributed by atoms with van der Waals surface area (Å²) in [7, 11) is 0. The average Bonchev–Trinajstić information content (AvgIpc) is 3.39. The molecule has 4 aromatic rings. The second-order valence-corrected chi connectivity index (χ2v) is 11.0. The Morgan fingerprint density at radius 3 is 2.66 bits per heavy atom. The van der Waals surface area contributed by atoms with Gasteiger partial charge in [0.2, 0.25) is 0 Å². The molecule has 5 rings (SSSR count). The Kier molecular flexibility index (Phi) is 5.51. The van der Waals surface area contributed by atoms with E-state index in [-0.39, 0.29) is 17.9 Å². The van der Waals surface area contributed by atoms with Crippen molar-refractivity contribution in [2.45, 2.75) is 38.6 Å². The van der Waals surface area contributed by atoms with Gasteiger partial charge >= 0.3 is 0 Å². The Bertz CT molecular complexity index is 1340. The van der Waals surface area contributed by atoms with E-state index < -0.39 is 11.6 Å². The molecule has 0 radical (unpaired) electrons. The molecule has 1 aliphatic carbocycles. The van der Waals surface area contributed by atoms with Crippen molar-refractivity contribution in [2.24, 2.45) is 0 Å². The van der Waals surface area contributed by atoms with Crippen LogP contribution < -0.4 is 5.32 Å². The summed E-state index contributed by atoms with van der Waals surface area (Å²) in [6, 6.07) is 7.04. The highest BCUT2D eigenvalue weighted by molar-refractivity contribution is 7.21. The number of thiophene rings is 2. The van der Waals surface area contributed by atoms with Crippen molar-refractivity contribution >= 4 is 50.4 Å². The second kappa shape index (κ2) is 8.21. The van der Waals surface area contributed by atoms with Crippen molar-refractivity contribution in [2.75, 3.05) is 0 Å². The van der Waals surface area contributed by atoms with Gasteiger partial charge in [-0.25, -0.2) is 8.78 Å². The number of benzene rings is 1. The Hall–Kier alpha value is -2.35. The lowest BCUT2D eigenvalue weighted by atomic mass is 9.99. The van der Waals surface area contributed by atoms with Crippen molar-refractivity contribution in [3.63, 3.8) is 0 Å². The number of carbonyl (C=O) groups is 1. The molecule has 1 amide bonds. The van der Waals surface area contributed by atoms with Gasteiger partial charge < -0.3 is 5.32 Å². The molecule has 0 saturated heterocycles. The molecule has 1 aliphatic rings. The maximum Gasteiger partial charge on any atom is 0.262 e. The van der Waals surface area contributed by atoms with Crippen molar-refractivity contribution in [1.82, 2.24) is 10.3 Å². The van der Waals surface area contributed by atoms with Gasteiger partial charge in [0.05, 0.1) is 25.5 Å².